The summed E-state index contributed by atoms with van der Waals surface area (Å²) in [5.41, 5.74) is 0. The van der Waals surface area contributed by atoms with Crippen molar-refractivity contribution in [2.75, 3.05) is 20.3 Å². The number of esters is 1. The molecule has 19 heavy (non-hydrogen) atoms. The van der Waals surface area contributed by atoms with Crippen LogP contribution in [0, 0.1) is 0 Å². The molecule has 0 radical (unpaired) electrons. The molecule has 0 saturated carbocycles. The number of nitrogens with one attached hydrogen (secondary N) is 1. The van der Waals surface area contributed by atoms with Crippen LogP contribution in [0.5, 0.6) is 5.75 Å². The monoisotopic (exact) mass is 305 g/mol. The van der Waals surface area contributed by atoms with Gasteiger partial charge in [-0.3, -0.25) is 9.59 Å². The third-order valence-corrected chi connectivity index (χ3v) is 2.67. The molecule has 0 aliphatic carbocycles. The van der Waals surface area contributed by atoms with Gasteiger partial charge in [-0.2, -0.15) is 0 Å². The van der Waals surface area contributed by atoms with Crippen LogP contribution < -0.4 is 10.1 Å². The smallest absolute Gasteiger partial charge is 0.325 e. The SMILES string of the molecule is COC(=O)CNC(=O)CCOc1ccc(Cl)cc1Cl. The molecule has 0 saturated heterocycles. The van der Waals surface area contributed by atoms with Crippen molar-refractivity contribution in [2.45, 2.75) is 6.42 Å². The van der Waals surface area contributed by atoms with Gasteiger partial charge in [-0.15, -0.1) is 0 Å². The number of amides is 1. The summed E-state index contributed by atoms with van der Waals surface area (Å²) in [5.74, 6) is -0.364. The maximum absolute atomic E-state index is 11.3. The van der Waals surface area contributed by atoms with Crippen molar-refractivity contribution in [2.24, 2.45) is 0 Å². The van der Waals surface area contributed by atoms with Gasteiger partial charge in [0.15, 0.2) is 0 Å². The molecule has 0 unspecified atom stereocenters. The van der Waals surface area contributed by atoms with E-state index in [-0.39, 0.29) is 25.5 Å². The summed E-state index contributed by atoms with van der Waals surface area (Å²) in [4.78, 5) is 22.1. The van der Waals surface area contributed by atoms with Gasteiger partial charge in [0.05, 0.1) is 25.2 Å². The Kier molecular flexibility index (Phi) is 6.45. The van der Waals surface area contributed by atoms with Crippen LogP contribution in [-0.2, 0) is 14.3 Å². The summed E-state index contributed by atoms with van der Waals surface area (Å²) >= 11 is 11.6. The molecule has 0 aromatic heterocycles. The molecule has 104 valence electrons. The van der Waals surface area contributed by atoms with E-state index in [4.69, 9.17) is 27.9 Å². The fraction of sp³-hybridized carbons (Fsp3) is 0.333. The van der Waals surface area contributed by atoms with E-state index in [2.05, 4.69) is 10.1 Å². The largest absolute Gasteiger partial charge is 0.491 e. The maximum Gasteiger partial charge on any atom is 0.325 e. The van der Waals surface area contributed by atoms with E-state index in [9.17, 15) is 9.59 Å². The number of hydrogen-bond donors (Lipinski definition) is 1. The predicted molar refractivity (Wildman–Crippen MR) is 71.6 cm³/mol. The number of ether oxygens (including phenoxy) is 2. The van der Waals surface area contributed by atoms with Gasteiger partial charge < -0.3 is 14.8 Å². The Balaban J connectivity index is 2.30. The molecule has 1 rings (SSSR count). The van der Waals surface area contributed by atoms with Crippen molar-refractivity contribution in [3.8, 4) is 5.75 Å². The van der Waals surface area contributed by atoms with E-state index < -0.39 is 5.97 Å². The van der Waals surface area contributed by atoms with Crippen LogP contribution in [0.2, 0.25) is 10.0 Å². The Labute approximate surface area is 120 Å². The average molecular weight is 306 g/mol. The number of carbonyl (C=O) groups excluding carboxylic acids is 2. The van der Waals surface area contributed by atoms with Crippen LogP contribution in [-0.4, -0.2) is 32.1 Å². The summed E-state index contributed by atoms with van der Waals surface area (Å²) in [7, 11) is 1.25. The highest BCUT2D eigenvalue weighted by molar-refractivity contribution is 6.35. The number of benzene rings is 1. The van der Waals surface area contributed by atoms with Gasteiger partial charge in [-0.05, 0) is 18.2 Å². The molecule has 0 aliphatic heterocycles. The summed E-state index contributed by atoms with van der Waals surface area (Å²) < 4.78 is 9.71. The first-order chi connectivity index (χ1) is 9.02. The van der Waals surface area contributed by atoms with E-state index in [0.717, 1.165) is 0 Å². The molecule has 0 heterocycles. The zero-order valence-electron chi connectivity index (χ0n) is 10.2. The van der Waals surface area contributed by atoms with E-state index in [1.807, 2.05) is 0 Å². The third kappa shape index (κ3) is 5.81. The van der Waals surface area contributed by atoms with Crippen molar-refractivity contribution >= 4 is 35.1 Å². The Bertz CT molecular complexity index is 465. The van der Waals surface area contributed by atoms with Crippen LogP contribution in [0.15, 0.2) is 18.2 Å². The standard InChI is InChI=1S/C12H13Cl2NO4/c1-18-12(17)7-15-11(16)4-5-19-10-3-2-8(13)6-9(10)14/h2-3,6H,4-5,7H2,1H3,(H,15,16). The molecule has 0 spiro atoms. The van der Waals surface area contributed by atoms with Gasteiger partial charge in [-0.25, -0.2) is 0 Å². The van der Waals surface area contributed by atoms with E-state index >= 15 is 0 Å². The molecule has 0 fully saturated rings. The lowest BCUT2D eigenvalue weighted by atomic mass is 10.3. The van der Waals surface area contributed by atoms with Crippen LogP contribution in [0.25, 0.3) is 0 Å². The summed E-state index contributed by atoms with van der Waals surface area (Å²) in [5, 5.41) is 3.28. The Morgan fingerprint density at radius 3 is 2.68 bits per heavy atom. The minimum Gasteiger partial charge on any atom is -0.491 e. The van der Waals surface area contributed by atoms with Gasteiger partial charge in [0.2, 0.25) is 5.91 Å². The highest BCUT2D eigenvalue weighted by atomic mass is 35.5. The molecule has 7 heteroatoms. The van der Waals surface area contributed by atoms with Gasteiger partial charge in [-0.1, -0.05) is 23.2 Å². The van der Waals surface area contributed by atoms with Crippen LogP contribution in [0.1, 0.15) is 6.42 Å². The van der Waals surface area contributed by atoms with E-state index in [0.29, 0.717) is 15.8 Å². The minimum absolute atomic E-state index is 0.107. The molecule has 1 aromatic rings. The molecule has 5 nitrogen and oxygen atoms in total. The second-order valence-electron chi connectivity index (χ2n) is 3.53. The molecular weight excluding hydrogens is 293 g/mol. The lowest BCUT2D eigenvalue weighted by molar-refractivity contribution is -0.141. The number of halogens is 2. The minimum atomic E-state index is -0.505. The Morgan fingerprint density at radius 1 is 1.32 bits per heavy atom. The fourth-order valence-corrected chi connectivity index (χ4v) is 1.64. The van der Waals surface area contributed by atoms with Gasteiger partial charge in [0, 0.05) is 5.02 Å². The fourth-order valence-electron chi connectivity index (χ4n) is 1.18. The number of rotatable bonds is 6. The van der Waals surface area contributed by atoms with Crippen LogP contribution in [0.3, 0.4) is 0 Å². The highest BCUT2D eigenvalue weighted by Gasteiger charge is 2.07. The molecular formula is C12H13Cl2NO4. The van der Waals surface area contributed by atoms with Gasteiger partial charge in [0.25, 0.3) is 0 Å². The zero-order chi connectivity index (χ0) is 14.3. The topological polar surface area (TPSA) is 64.6 Å². The van der Waals surface area contributed by atoms with Crippen molar-refractivity contribution < 1.29 is 19.1 Å². The first-order valence-electron chi connectivity index (χ1n) is 5.44. The Hall–Kier alpha value is -1.46. The summed E-state index contributed by atoms with van der Waals surface area (Å²) in [6.45, 7) is -0.00854. The van der Waals surface area contributed by atoms with Crippen LogP contribution >= 0.6 is 23.2 Å². The highest BCUT2D eigenvalue weighted by Crippen LogP contribution is 2.27. The van der Waals surface area contributed by atoms with Gasteiger partial charge >= 0.3 is 5.97 Å². The molecule has 1 aromatic carbocycles. The average Bonchev–Trinajstić information content (AvgIpc) is 2.38. The first-order valence-corrected chi connectivity index (χ1v) is 6.20. The van der Waals surface area contributed by atoms with Crippen molar-refractivity contribution in [1.29, 1.82) is 0 Å². The normalized spacial score (nSPS) is 9.84. The number of hydrogen-bond acceptors (Lipinski definition) is 4. The molecule has 0 bridgehead atoms. The third-order valence-electron chi connectivity index (χ3n) is 2.14. The van der Waals surface area contributed by atoms with E-state index in [1.54, 1.807) is 18.2 Å². The zero-order valence-corrected chi connectivity index (χ0v) is 11.8. The predicted octanol–water partition coefficient (Wildman–Crippen LogP) is 2.05. The van der Waals surface area contributed by atoms with Crippen LogP contribution in [0.4, 0.5) is 0 Å². The van der Waals surface area contributed by atoms with Gasteiger partial charge in [0.1, 0.15) is 12.3 Å². The molecule has 1 N–H and O–H groups in total. The molecule has 0 atom stereocenters. The Morgan fingerprint density at radius 2 is 2.05 bits per heavy atom. The lowest BCUT2D eigenvalue weighted by Crippen LogP contribution is -2.30. The van der Waals surface area contributed by atoms with Crippen molar-refractivity contribution in [3.05, 3.63) is 28.2 Å². The first kappa shape index (κ1) is 15.6. The second kappa shape index (κ2) is 7.86. The summed E-state index contributed by atoms with van der Waals surface area (Å²) in [6, 6.07) is 4.81. The lowest BCUT2D eigenvalue weighted by Gasteiger charge is -2.08. The number of methoxy groups -OCH3 is 1. The van der Waals surface area contributed by atoms with E-state index in [1.165, 1.54) is 7.11 Å². The molecule has 0 aliphatic rings. The van der Waals surface area contributed by atoms with Crippen molar-refractivity contribution in [1.82, 2.24) is 5.32 Å². The van der Waals surface area contributed by atoms with Crippen molar-refractivity contribution in [3.63, 3.8) is 0 Å². The quantitative estimate of drug-likeness (QED) is 0.817. The number of carbonyl (C=O) groups is 2. The second-order valence-corrected chi connectivity index (χ2v) is 4.37. The molecule has 1 amide bonds. The summed E-state index contributed by atoms with van der Waals surface area (Å²) in [6.07, 6.45) is 0.107. The maximum atomic E-state index is 11.3.